The van der Waals surface area contributed by atoms with Gasteiger partial charge in [0.1, 0.15) is 18.2 Å². The van der Waals surface area contributed by atoms with Crippen LogP contribution in [0.3, 0.4) is 0 Å². The van der Waals surface area contributed by atoms with E-state index in [4.69, 9.17) is 4.74 Å². The molecule has 2 aromatic carbocycles. The summed E-state index contributed by atoms with van der Waals surface area (Å²) in [5, 5.41) is 18.9. The Morgan fingerprint density at radius 1 is 1.29 bits per heavy atom. The Morgan fingerprint density at radius 3 is 2.67 bits per heavy atom. The molecule has 0 fully saturated rings. The summed E-state index contributed by atoms with van der Waals surface area (Å²) in [6.45, 7) is 3.75. The summed E-state index contributed by atoms with van der Waals surface area (Å²) >= 11 is 3.33. The van der Waals surface area contributed by atoms with Crippen LogP contribution in [0.2, 0.25) is 0 Å². The molecule has 0 bridgehead atoms. The van der Waals surface area contributed by atoms with E-state index >= 15 is 0 Å². The van der Waals surface area contributed by atoms with Crippen LogP contribution in [-0.2, 0) is 6.61 Å². The van der Waals surface area contributed by atoms with Crippen LogP contribution in [0.1, 0.15) is 11.1 Å². The zero-order chi connectivity index (χ0) is 15.4. The number of rotatable bonds is 5. The number of ether oxygens (including phenoxy) is 1. The lowest BCUT2D eigenvalue weighted by Gasteiger charge is -2.14. The van der Waals surface area contributed by atoms with E-state index in [1.807, 2.05) is 0 Å². The summed E-state index contributed by atoms with van der Waals surface area (Å²) in [6, 6.07) is 9.35. The third-order valence-electron chi connectivity index (χ3n) is 2.88. The first kappa shape index (κ1) is 15.8. The summed E-state index contributed by atoms with van der Waals surface area (Å²) in [7, 11) is -1.68. The van der Waals surface area contributed by atoms with Crippen molar-refractivity contribution in [3.8, 4) is 5.75 Å². The molecule has 108 valence electrons. The Morgan fingerprint density at radius 2 is 2.05 bits per heavy atom. The third-order valence-corrected chi connectivity index (χ3v) is 3.47. The van der Waals surface area contributed by atoms with E-state index in [1.54, 1.807) is 30.3 Å². The highest BCUT2D eigenvalue weighted by Crippen LogP contribution is 2.26. The van der Waals surface area contributed by atoms with E-state index in [0.717, 1.165) is 5.56 Å². The molecule has 0 aliphatic heterocycles. The molecule has 0 heterocycles. The molecule has 0 amide bonds. The lowest BCUT2D eigenvalue weighted by atomic mass is 9.78. The van der Waals surface area contributed by atoms with Gasteiger partial charge in [0, 0.05) is 5.46 Å². The van der Waals surface area contributed by atoms with Crippen LogP contribution in [0.15, 0.2) is 47.4 Å². The molecule has 0 saturated heterocycles. The molecule has 0 aliphatic rings. The maximum atomic E-state index is 13.1. The predicted octanol–water partition coefficient (Wildman–Crippen LogP) is 2.49. The lowest BCUT2D eigenvalue weighted by Crippen LogP contribution is -2.32. The number of hydrogen-bond donors (Lipinski definition) is 2. The average molecular weight is 351 g/mol. The molecule has 2 aromatic rings. The van der Waals surface area contributed by atoms with Gasteiger partial charge in [-0.1, -0.05) is 30.9 Å². The van der Waals surface area contributed by atoms with Crippen molar-refractivity contribution < 1.29 is 19.2 Å². The summed E-state index contributed by atoms with van der Waals surface area (Å²) in [4.78, 5) is 0. The molecule has 0 spiro atoms. The van der Waals surface area contributed by atoms with Crippen LogP contribution >= 0.6 is 15.9 Å². The van der Waals surface area contributed by atoms with Crippen LogP contribution in [0.25, 0.3) is 6.08 Å². The molecular formula is C15H13BBrFO3. The van der Waals surface area contributed by atoms with Gasteiger partial charge < -0.3 is 14.8 Å². The van der Waals surface area contributed by atoms with Gasteiger partial charge in [-0.3, -0.25) is 0 Å². The minimum atomic E-state index is -1.68. The van der Waals surface area contributed by atoms with Crippen LogP contribution in [0.5, 0.6) is 5.75 Å². The number of halogens is 2. The topological polar surface area (TPSA) is 49.7 Å². The molecule has 0 aliphatic carbocycles. The summed E-state index contributed by atoms with van der Waals surface area (Å²) in [6.07, 6.45) is 1.59. The maximum Gasteiger partial charge on any atom is 0.492 e. The van der Waals surface area contributed by atoms with Crippen molar-refractivity contribution >= 4 is 34.6 Å². The summed E-state index contributed by atoms with van der Waals surface area (Å²) < 4.78 is 19.3. The molecule has 6 heteroatoms. The smallest absolute Gasteiger partial charge is 0.488 e. The fourth-order valence-corrected chi connectivity index (χ4v) is 2.49. The molecule has 0 radical (unpaired) electrons. The molecule has 2 N–H and O–H groups in total. The zero-order valence-corrected chi connectivity index (χ0v) is 12.7. The van der Waals surface area contributed by atoms with Gasteiger partial charge in [0.15, 0.2) is 0 Å². The second kappa shape index (κ2) is 6.89. The number of benzene rings is 2. The molecule has 0 unspecified atom stereocenters. The van der Waals surface area contributed by atoms with E-state index in [9.17, 15) is 14.4 Å². The van der Waals surface area contributed by atoms with E-state index in [2.05, 4.69) is 22.5 Å². The second-order valence-corrected chi connectivity index (χ2v) is 5.27. The first-order valence-corrected chi connectivity index (χ1v) is 7.00. The monoisotopic (exact) mass is 350 g/mol. The Hall–Kier alpha value is -1.63. The van der Waals surface area contributed by atoms with Crippen LogP contribution in [0.4, 0.5) is 4.39 Å². The molecule has 3 nitrogen and oxygen atoms in total. The predicted molar refractivity (Wildman–Crippen MR) is 84.8 cm³/mol. The molecule has 2 rings (SSSR count). The van der Waals surface area contributed by atoms with Gasteiger partial charge in [-0.05, 0) is 45.3 Å². The summed E-state index contributed by atoms with van der Waals surface area (Å²) in [5.74, 6) is -0.0422. The Labute approximate surface area is 131 Å². The average Bonchev–Trinajstić information content (AvgIpc) is 2.45. The minimum Gasteiger partial charge on any atom is -0.488 e. The van der Waals surface area contributed by atoms with Gasteiger partial charge in [-0.15, -0.1) is 0 Å². The minimum absolute atomic E-state index is 0.115. The van der Waals surface area contributed by atoms with Gasteiger partial charge in [0.25, 0.3) is 0 Å². The van der Waals surface area contributed by atoms with Crippen molar-refractivity contribution in [1.82, 2.24) is 0 Å². The van der Waals surface area contributed by atoms with E-state index in [0.29, 0.717) is 15.8 Å². The van der Waals surface area contributed by atoms with Gasteiger partial charge in [-0.25, -0.2) is 4.39 Å². The van der Waals surface area contributed by atoms with Crippen molar-refractivity contribution in [2.75, 3.05) is 0 Å². The SMILES string of the molecule is C=Cc1cc(Br)c(OCc2cccc(F)c2)c(B(O)O)c1. The van der Waals surface area contributed by atoms with Crippen LogP contribution < -0.4 is 10.2 Å². The Balaban J connectivity index is 2.28. The third kappa shape index (κ3) is 3.94. The van der Waals surface area contributed by atoms with Gasteiger partial charge in [0.2, 0.25) is 0 Å². The highest BCUT2D eigenvalue weighted by atomic mass is 79.9. The quantitative estimate of drug-likeness (QED) is 0.814. The standard InChI is InChI=1S/C15H13BBrFO3/c1-2-10-7-13(16(19)20)15(14(17)8-10)21-9-11-4-3-5-12(18)6-11/h2-8,19-20H,1,9H2. The van der Waals surface area contributed by atoms with Gasteiger partial charge >= 0.3 is 7.12 Å². The molecule has 0 aromatic heterocycles. The molecule has 0 atom stereocenters. The first-order valence-electron chi connectivity index (χ1n) is 6.20. The van der Waals surface area contributed by atoms with Crippen LogP contribution in [-0.4, -0.2) is 17.2 Å². The van der Waals surface area contributed by atoms with Gasteiger partial charge in [-0.2, -0.15) is 0 Å². The fourth-order valence-electron chi connectivity index (χ4n) is 1.88. The van der Waals surface area contributed by atoms with Gasteiger partial charge in [0.05, 0.1) is 4.47 Å². The Bertz CT molecular complexity index is 661. The second-order valence-electron chi connectivity index (χ2n) is 4.42. The van der Waals surface area contributed by atoms with E-state index in [-0.39, 0.29) is 17.9 Å². The lowest BCUT2D eigenvalue weighted by molar-refractivity contribution is 0.304. The van der Waals surface area contributed by atoms with Crippen molar-refractivity contribution in [3.63, 3.8) is 0 Å². The van der Waals surface area contributed by atoms with E-state index in [1.165, 1.54) is 12.1 Å². The zero-order valence-electron chi connectivity index (χ0n) is 11.1. The normalized spacial score (nSPS) is 10.3. The molecule has 0 saturated carbocycles. The first-order chi connectivity index (χ1) is 10.0. The maximum absolute atomic E-state index is 13.1. The highest BCUT2D eigenvalue weighted by Gasteiger charge is 2.20. The molecule has 21 heavy (non-hydrogen) atoms. The Kier molecular flexibility index (Phi) is 5.17. The fraction of sp³-hybridized carbons (Fsp3) is 0.0667. The number of hydrogen-bond acceptors (Lipinski definition) is 3. The van der Waals surface area contributed by atoms with Crippen molar-refractivity contribution in [1.29, 1.82) is 0 Å². The largest absolute Gasteiger partial charge is 0.492 e. The van der Waals surface area contributed by atoms with Crippen molar-refractivity contribution in [2.45, 2.75) is 6.61 Å². The van der Waals surface area contributed by atoms with Crippen molar-refractivity contribution in [3.05, 3.63) is 64.4 Å². The van der Waals surface area contributed by atoms with Crippen molar-refractivity contribution in [2.24, 2.45) is 0 Å². The van der Waals surface area contributed by atoms with Crippen LogP contribution in [0, 0.1) is 5.82 Å². The highest BCUT2D eigenvalue weighted by molar-refractivity contribution is 9.10. The molecular weight excluding hydrogens is 338 g/mol. The summed E-state index contributed by atoms with van der Waals surface area (Å²) in [5.41, 5.74) is 1.59. The van der Waals surface area contributed by atoms with E-state index < -0.39 is 7.12 Å².